The zero-order chi connectivity index (χ0) is 13.0. The molecule has 1 N–H and O–H groups in total. The second kappa shape index (κ2) is 6.01. The third-order valence-corrected chi connectivity index (χ3v) is 3.32. The van der Waals surface area contributed by atoms with Gasteiger partial charge in [-0.15, -0.1) is 0 Å². The van der Waals surface area contributed by atoms with E-state index in [0.717, 1.165) is 31.6 Å². The minimum Gasteiger partial charge on any atom is -0.336 e. The van der Waals surface area contributed by atoms with Gasteiger partial charge in [0.1, 0.15) is 0 Å². The average Bonchev–Trinajstić information content (AvgIpc) is 2.38. The van der Waals surface area contributed by atoms with Gasteiger partial charge in [-0.3, -0.25) is 4.79 Å². The van der Waals surface area contributed by atoms with Gasteiger partial charge in [-0.1, -0.05) is 32.0 Å². The lowest BCUT2D eigenvalue weighted by Gasteiger charge is -2.34. The number of carbonyl (C=O) groups excluding carboxylic acids is 1. The van der Waals surface area contributed by atoms with Gasteiger partial charge in [0.25, 0.3) is 5.91 Å². The predicted molar refractivity (Wildman–Crippen MR) is 73.6 cm³/mol. The Kier molecular flexibility index (Phi) is 4.37. The van der Waals surface area contributed by atoms with E-state index in [1.54, 1.807) is 0 Å². The molecule has 98 valence electrons. The molecule has 18 heavy (non-hydrogen) atoms. The number of benzene rings is 1. The van der Waals surface area contributed by atoms with Gasteiger partial charge in [-0.25, -0.2) is 0 Å². The third kappa shape index (κ3) is 3.33. The molecule has 2 rings (SSSR count). The predicted octanol–water partition coefficient (Wildman–Crippen LogP) is 2.15. The first-order valence-corrected chi connectivity index (χ1v) is 6.74. The zero-order valence-electron chi connectivity index (χ0n) is 11.2. The molecule has 1 saturated heterocycles. The van der Waals surface area contributed by atoms with E-state index >= 15 is 0 Å². The van der Waals surface area contributed by atoms with Crippen LogP contribution in [-0.4, -0.2) is 36.5 Å². The first kappa shape index (κ1) is 13.1. The summed E-state index contributed by atoms with van der Waals surface area (Å²) in [7, 11) is 0. The summed E-state index contributed by atoms with van der Waals surface area (Å²) in [4.78, 5) is 14.3. The highest BCUT2D eigenvalue weighted by Gasteiger charge is 2.24. The van der Waals surface area contributed by atoms with Crippen LogP contribution in [0.15, 0.2) is 30.3 Å². The van der Waals surface area contributed by atoms with Crippen molar-refractivity contribution in [3.63, 3.8) is 0 Å². The van der Waals surface area contributed by atoms with Crippen LogP contribution in [0, 0.1) is 5.92 Å². The van der Waals surface area contributed by atoms with Gasteiger partial charge >= 0.3 is 0 Å². The van der Waals surface area contributed by atoms with Crippen LogP contribution in [0.3, 0.4) is 0 Å². The van der Waals surface area contributed by atoms with Crippen molar-refractivity contribution >= 4 is 5.91 Å². The van der Waals surface area contributed by atoms with Crippen LogP contribution in [0.2, 0.25) is 0 Å². The molecule has 1 aliphatic heterocycles. The summed E-state index contributed by atoms with van der Waals surface area (Å²) in [5.74, 6) is 0.820. The Hall–Kier alpha value is -1.35. The highest BCUT2D eigenvalue weighted by atomic mass is 16.2. The number of amides is 1. The Morgan fingerprint density at radius 1 is 1.39 bits per heavy atom. The second-order valence-corrected chi connectivity index (χ2v) is 5.40. The molecule has 0 radical (unpaired) electrons. The molecule has 1 aromatic carbocycles. The first-order valence-electron chi connectivity index (χ1n) is 6.74. The van der Waals surface area contributed by atoms with Crippen molar-refractivity contribution in [1.82, 2.24) is 10.2 Å². The number of nitrogens with one attached hydrogen (secondary N) is 1. The SMILES string of the molecule is CC(C)CC1CN(C(=O)c2ccccc2)CCN1. The van der Waals surface area contributed by atoms with Gasteiger partial charge < -0.3 is 10.2 Å². The van der Waals surface area contributed by atoms with E-state index < -0.39 is 0 Å². The van der Waals surface area contributed by atoms with Gasteiger partial charge in [0.15, 0.2) is 0 Å². The highest BCUT2D eigenvalue weighted by Crippen LogP contribution is 2.12. The summed E-state index contributed by atoms with van der Waals surface area (Å²) in [5, 5.41) is 3.49. The molecule has 1 aromatic rings. The van der Waals surface area contributed by atoms with Crippen LogP contribution in [0.25, 0.3) is 0 Å². The smallest absolute Gasteiger partial charge is 0.253 e. The molecule has 3 heteroatoms. The molecule has 1 heterocycles. The molecule has 3 nitrogen and oxygen atoms in total. The molecular weight excluding hydrogens is 224 g/mol. The summed E-state index contributed by atoms with van der Waals surface area (Å²) in [6, 6.07) is 9.99. The van der Waals surface area contributed by atoms with Crippen LogP contribution in [0.1, 0.15) is 30.6 Å². The highest BCUT2D eigenvalue weighted by molar-refractivity contribution is 5.94. The van der Waals surface area contributed by atoms with Crippen molar-refractivity contribution in [3.8, 4) is 0 Å². The lowest BCUT2D eigenvalue weighted by molar-refractivity contribution is 0.0694. The first-order chi connectivity index (χ1) is 8.66. The summed E-state index contributed by atoms with van der Waals surface area (Å²) < 4.78 is 0. The molecule has 1 amide bonds. The van der Waals surface area contributed by atoms with E-state index in [9.17, 15) is 4.79 Å². The number of hydrogen-bond donors (Lipinski definition) is 1. The Morgan fingerprint density at radius 3 is 2.78 bits per heavy atom. The van der Waals surface area contributed by atoms with Crippen molar-refractivity contribution in [3.05, 3.63) is 35.9 Å². The maximum atomic E-state index is 12.3. The van der Waals surface area contributed by atoms with Gasteiger partial charge in [-0.05, 0) is 24.5 Å². The van der Waals surface area contributed by atoms with E-state index in [-0.39, 0.29) is 5.91 Å². The fourth-order valence-electron chi connectivity index (χ4n) is 2.50. The Bertz CT molecular complexity index is 389. The van der Waals surface area contributed by atoms with Crippen LogP contribution < -0.4 is 5.32 Å². The number of carbonyl (C=O) groups is 1. The Balaban J connectivity index is 1.98. The maximum absolute atomic E-state index is 12.3. The van der Waals surface area contributed by atoms with Crippen molar-refractivity contribution in [2.45, 2.75) is 26.3 Å². The fraction of sp³-hybridized carbons (Fsp3) is 0.533. The molecule has 0 bridgehead atoms. The monoisotopic (exact) mass is 246 g/mol. The molecule has 0 aromatic heterocycles. The van der Waals surface area contributed by atoms with E-state index in [4.69, 9.17) is 0 Å². The van der Waals surface area contributed by atoms with Crippen molar-refractivity contribution < 1.29 is 4.79 Å². The van der Waals surface area contributed by atoms with E-state index in [1.165, 1.54) is 0 Å². The third-order valence-electron chi connectivity index (χ3n) is 3.32. The van der Waals surface area contributed by atoms with Crippen LogP contribution >= 0.6 is 0 Å². The molecule has 1 aliphatic rings. The maximum Gasteiger partial charge on any atom is 0.253 e. The van der Waals surface area contributed by atoms with Crippen molar-refractivity contribution in [2.24, 2.45) is 5.92 Å². The minimum absolute atomic E-state index is 0.158. The van der Waals surface area contributed by atoms with Crippen LogP contribution in [0.5, 0.6) is 0 Å². The molecule has 1 fully saturated rings. The van der Waals surface area contributed by atoms with Gasteiger partial charge in [0, 0.05) is 31.2 Å². The molecule has 1 unspecified atom stereocenters. The standard InChI is InChI=1S/C15H22N2O/c1-12(2)10-14-11-17(9-8-16-14)15(18)13-6-4-3-5-7-13/h3-7,12,14,16H,8-11H2,1-2H3. The Morgan fingerprint density at radius 2 is 2.11 bits per heavy atom. The molecule has 0 saturated carbocycles. The van der Waals surface area contributed by atoms with Gasteiger partial charge in [-0.2, -0.15) is 0 Å². The minimum atomic E-state index is 0.158. The van der Waals surface area contributed by atoms with E-state index in [0.29, 0.717) is 12.0 Å². The normalized spacial score (nSPS) is 20.2. The largest absolute Gasteiger partial charge is 0.336 e. The molecule has 1 atom stereocenters. The summed E-state index contributed by atoms with van der Waals surface area (Å²) in [6.45, 7) is 6.98. The summed E-state index contributed by atoms with van der Waals surface area (Å²) in [5.41, 5.74) is 0.794. The van der Waals surface area contributed by atoms with Crippen molar-refractivity contribution in [2.75, 3.05) is 19.6 Å². The summed E-state index contributed by atoms with van der Waals surface area (Å²) >= 11 is 0. The summed E-state index contributed by atoms with van der Waals surface area (Å²) in [6.07, 6.45) is 1.12. The quantitative estimate of drug-likeness (QED) is 0.886. The molecular formula is C15H22N2O. The van der Waals surface area contributed by atoms with Crippen LogP contribution in [-0.2, 0) is 0 Å². The topological polar surface area (TPSA) is 32.3 Å². The Labute approximate surface area is 109 Å². The van der Waals surface area contributed by atoms with Gasteiger partial charge in [0.2, 0.25) is 0 Å². The van der Waals surface area contributed by atoms with E-state index in [1.807, 2.05) is 35.2 Å². The van der Waals surface area contributed by atoms with E-state index in [2.05, 4.69) is 19.2 Å². The molecule has 0 spiro atoms. The molecule has 0 aliphatic carbocycles. The van der Waals surface area contributed by atoms with Gasteiger partial charge in [0.05, 0.1) is 0 Å². The fourth-order valence-corrected chi connectivity index (χ4v) is 2.50. The average molecular weight is 246 g/mol. The van der Waals surface area contributed by atoms with Crippen LogP contribution in [0.4, 0.5) is 0 Å². The number of rotatable bonds is 3. The number of piperazine rings is 1. The number of nitrogens with zero attached hydrogens (tertiary/aromatic N) is 1. The lowest BCUT2D eigenvalue weighted by Crippen LogP contribution is -2.52. The van der Waals surface area contributed by atoms with Crippen molar-refractivity contribution in [1.29, 1.82) is 0 Å². The zero-order valence-corrected chi connectivity index (χ0v) is 11.2. The number of hydrogen-bond acceptors (Lipinski definition) is 2. The lowest BCUT2D eigenvalue weighted by atomic mass is 10.0. The second-order valence-electron chi connectivity index (χ2n) is 5.40.